The van der Waals surface area contributed by atoms with Gasteiger partial charge in [-0.2, -0.15) is 0 Å². The van der Waals surface area contributed by atoms with E-state index >= 15 is 0 Å². The molecule has 0 saturated carbocycles. The third-order valence-electron chi connectivity index (χ3n) is 4.22. The van der Waals surface area contributed by atoms with Crippen LogP contribution in [0.25, 0.3) is 0 Å². The molecule has 2 aliphatic rings. The summed E-state index contributed by atoms with van der Waals surface area (Å²) in [5, 5.41) is 3.18. The molecule has 3 rings (SSSR count). The van der Waals surface area contributed by atoms with Gasteiger partial charge in [-0.15, -0.1) is 0 Å². The lowest BCUT2D eigenvalue weighted by molar-refractivity contribution is 0.00918. The third-order valence-corrected chi connectivity index (χ3v) is 5.12. The Balaban J connectivity index is 1.73. The number of thioether (sulfide) groups is 1. The molecule has 2 saturated heterocycles. The maximum atomic E-state index is 12.6. The van der Waals surface area contributed by atoms with Crippen LogP contribution < -0.4 is 0 Å². The Bertz CT molecular complexity index is 595. The van der Waals surface area contributed by atoms with Gasteiger partial charge in [0.1, 0.15) is 10.6 Å². The van der Waals surface area contributed by atoms with Crippen LogP contribution in [0.2, 0.25) is 0 Å². The fourth-order valence-corrected chi connectivity index (χ4v) is 4.13. The van der Waals surface area contributed by atoms with Crippen LogP contribution >= 0.6 is 11.8 Å². The number of fused-ring (bicyclic) bond motifs is 2. The van der Waals surface area contributed by atoms with E-state index < -0.39 is 5.60 Å². The number of ether oxygens (including phenoxy) is 1. The van der Waals surface area contributed by atoms with Crippen molar-refractivity contribution in [2.24, 2.45) is 0 Å². The van der Waals surface area contributed by atoms with Gasteiger partial charge in [-0.05, 0) is 69.6 Å². The lowest BCUT2D eigenvalue weighted by atomic mass is 10.0. The summed E-state index contributed by atoms with van der Waals surface area (Å²) in [6.45, 7) is 5.76. The first kappa shape index (κ1) is 16.4. The van der Waals surface area contributed by atoms with Gasteiger partial charge in [-0.3, -0.25) is 4.90 Å². The van der Waals surface area contributed by atoms with Crippen molar-refractivity contribution in [3.63, 3.8) is 0 Å². The van der Waals surface area contributed by atoms with Crippen molar-refractivity contribution in [3.05, 3.63) is 35.4 Å². The van der Waals surface area contributed by atoms with E-state index in [0.29, 0.717) is 6.04 Å². The minimum Gasteiger partial charge on any atom is -0.444 e. The van der Waals surface area contributed by atoms with Crippen LogP contribution in [0.1, 0.15) is 46.5 Å². The van der Waals surface area contributed by atoms with E-state index in [4.69, 9.17) is 4.74 Å². The summed E-state index contributed by atoms with van der Waals surface area (Å²) in [4.78, 5) is 18.9. The zero-order valence-corrected chi connectivity index (χ0v) is 14.8. The number of hydrogen-bond acceptors (Lipinski definition) is 4. The Morgan fingerprint density at radius 1 is 1.39 bits per heavy atom. The highest BCUT2D eigenvalue weighted by atomic mass is 32.2. The van der Waals surface area contributed by atoms with Crippen molar-refractivity contribution >= 4 is 17.9 Å². The van der Waals surface area contributed by atoms with Gasteiger partial charge in [-0.1, -0.05) is 17.8 Å². The van der Waals surface area contributed by atoms with Crippen molar-refractivity contribution < 1.29 is 9.53 Å². The van der Waals surface area contributed by atoms with E-state index in [0.717, 1.165) is 24.3 Å². The molecule has 0 N–H and O–H groups in total. The Labute approximate surface area is 142 Å². The molecule has 0 aromatic carbocycles. The molecule has 124 valence electrons. The van der Waals surface area contributed by atoms with Crippen molar-refractivity contribution in [1.29, 1.82) is 0 Å². The second-order valence-electron chi connectivity index (χ2n) is 7.17. The number of nitrogens with zero attached hydrogens (tertiary/aromatic N) is 2. The molecule has 0 radical (unpaired) electrons. The minimum atomic E-state index is -0.444. The van der Waals surface area contributed by atoms with Gasteiger partial charge in [0, 0.05) is 12.2 Å². The first-order valence-electron chi connectivity index (χ1n) is 8.22. The second-order valence-corrected chi connectivity index (χ2v) is 8.06. The summed E-state index contributed by atoms with van der Waals surface area (Å²) in [5.41, 5.74) is 0.898. The van der Waals surface area contributed by atoms with Crippen LogP contribution in [-0.4, -0.2) is 33.7 Å². The summed E-state index contributed by atoms with van der Waals surface area (Å²) in [6.07, 6.45) is 5.88. The molecule has 3 heterocycles. The molecule has 0 spiro atoms. The number of piperidine rings is 1. The van der Waals surface area contributed by atoms with E-state index in [1.54, 1.807) is 18.0 Å². The van der Waals surface area contributed by atoms with E-state index in [1.807, 2.05) is 43.9 Å². The van der Waals surface area contributed by atoms with Crippen LogP contribution in [0.5, 0.6) is 0 Å². The highest BCUT2D eigenvalue weighted by molar-refractivity contribution is 8.02. The van der Waals surface area contributed by atoms with Crippen LogP contribution in [0.4, 0.5) is 4.79 Å². The summed E-state index contributed by atoms with van der Waals surface area (Å²) >= 11 is 1.64. The van der Waals surface area contributed by atoms with E-state index in [2.05, 4.69) is 10.4 Å². The molecule has 2 atom stereocenters. The second kappa shape index (κ2) is 6.56. The molecule has 2 aliphatic heterocycles. The smallest absolute Gasteiger partial charge is 0.411 e. The van der Waals surface area contributed by atoms with E-state index in [-0.39, 0.29) is 12.1 Å². The molecular formula is C18H24N2O2S. The molecule has 2 unspecified atom stereocenters. The fourth-order valence-electron chi connectivity index (χ4n) is 3.32. The Morgan fingerprint density at radius 2 is 2.22 bits per heavy atom. The summed E-state index contributed by atoms with van der Waals surface area (Å²) < 4.78 is 5.61. The number of carbonyl (C=O) groups is 1. The van der Waals surface area contributed by atoms with E-state index in [9.17, 15) is 4.79 Å². The predicted molar refractivity (Wildman–Crippen MR) is 92.3 cm³/mol. The number of carbonyl (C=O) groups excluding carboxylic acids is 1. The number of amides is 1. The molecule has 0 aliphatic carbocycles. The number of aromatic nitrogens is 1. The average molecular weight is 332 g/mol. The van der Waals surface area contributed by atoms with Gasteiger partial charge in [0.2, 0.25) is 0 Å². The predicted octanol–water partition coefficient (Wildman–Crippen LogP) is 4.62. The quantitative estimate of drug-likeness (QED) is 0.741. The van der Waals surface area contributed by atoms with Crippen LogP contribution in [-0.2, 0) is 4.74 Å². The van der Waals surface area contributed by atoms with Gasteiger partial charge >= 0.3 is 6.09 Å². The first-order valence-corrected chi connectivity index (χ1v) is 9.10. The SMILES string of the molecule is CC(C)(C)OC(=O)N1C2CCCC1C(=CSc1ccccn1)C2. The largest absolute Gasteiger partial charge is 0.444 e. The summed E-state index contributed by atoms with van der Waals surface area (Å²) in [7, 11) is 0. The summed E-state index contributed by atoms with van der Waals surface area (Å²) in [5.74, 6) is 0. The molecule has 1 aromatic rings. The molecule has 5 heteroatoms. The monoisotopic (exact) mass is 332 g/mol. The first-order chi connectivity index (χ1) is 10.9. The van der Waals surface area contributed by atoms with Gasteiger partial charge in [-0.25, -0.2) is 9.78 Å². The minimum absolute atomic E-state index is 0.168. The lowest BCUT2D eigenvalue weighted by Crippen LogP contribution is -2.46. The Hall–Kier alpha value is -1.49. The Morgan fingerprint density at radius 3 is 2.91 bits per heavy atom. The molecule has 4 nitrogen and oxygen atoms in total. The van der Waals surface area contributed by atoms with Gasteiger partial charge in [0.15, 0.2) is 0 Å². The van der Waals surface area contributed by atoms with Crippen molar-refractivity contribution in [3.8, 4) is 0 Å². The van der Waals surface area contributed by atoms with Crippen molar-refractivity contribution in [2.45, 2.75) is 69.2 Å². The molecule has 23 heavy (non-hydrogen) atoms. The fraction of sp³-hybridized carbons (Fsp3) is 0.556. The highest BCUT2D eigenvalue weighted by Gasteiger charge is 2.44. The molecule has 2 fully saturated rings. The van der Waals surface area contributed by atoms with Gasteiger partial charge in [0.25, 0.3) is 0 Å². The zero-order valence-electron chi connectivity index (χ0n) is 14.0. The molecule has 1 aromatic heterocycles. The van der Waals surface area contributed by atoms with Crippen LogP contribution in [0.3, 0.4) is 0 Å². The summed E-state index contributed by atoms with van der Waals surface area (Å²) in [6, 6.07) is 6.41. The maximum absolute atomic E-state index is 12.6. The number of pyridine rings is 1. The average Bonchev–Trinajstić information content (AvgIpc) is 2.71. The molecule has 1 amide bonds. The van der Waals surface area contributed by atoms with Crippen LogP contribution in [0, 0.1) is 0 Å². The third kappa shape index (κ3) is 3.89. The normalized spacial score (nSPS) is 25.7. The molecule has 2 bridgehead atoms. The zero-order chi connectivity index (χ0) is 16.4. The van der Waals surface area contributed by atoms with Crippen molar-refractivity contribution in [1.82, 2.24) is 9.88 Å². The topological polar surface area (TPSA) is 42.4 Å². The maximum Gasteiger partial charge on any atom is 0.411 e. The van der Waals surface area contributed by atoms with Gasteiger partial charge in [0.05, 0.1) is 6.04 Å². The molecular weight excluding hydrogens is 308 g/mol. The highest BCUT2D eigenvalue weighted by Crippen LogP contribution is 2.41. The lowest BCUT2D eigenvalue weighted by Gasteiger charge is -2.35. The van der Waals surface area contributed by atoms with Gasteiger partial charge < -0.3 is 4.74 Å². The number of hydrogen-bond donors (Lipinski definition) is 0. The van der Waals surface area contributed by atoms with Crippen molar-refractivity contribution in [2.75, 3.05) is 0 Å². The Kier molecular flexibility index (Phi) is 4.67. The standard InChI is InChI=1S/C18H24N2O2S/c1-18(2,3)22-17(21)20-14-7-6-8-15(20)13(11-14)12-23-16-9-4-5-10-19-16/h4-5,9-10,12,14-15H,6-8,11H2,1-3H3. The van der Waals surface area contributed by atoms with Crippen LogP contribution in [0.15, 0.2) is 40.4 Å². The number of rotatable bonds is 2. The van der Waals surface area contributed by atoms with E-state index in [1.165, 1.54) is 12.0 Å².